The van der Waals surface area contributed by atoms with Crippen molar-refractivity contribution >= 4 is 22.5 Å². The molecule has 1 aromatic heterocycles. The molecule has 0 aliphatic carbocycles. The third-order valence-electron chi connectivity index (χ3n) is 2.24. The summed E-state index contributed by atoms with van der Waals surface area (Å²) in [5.41, 5.74) is 0.0689. The van der Waals surface area contributed by atoms with Crippen molar-refractivity contribution in [1.82, 2.24) is 9.97 Å². The molecule has 3 nitrogen and oxygen atoms in total. The summed E-state index contributed by atoms with van der Waals surface area (Å²) in [6.07, 6.45) is 0. The molecule has 15 heavy (non-hydrogen) atoms. The minimum absolute atomic E-state index is 0.0394. The van der Waals surface area contributed by atoms with E-state index >= 15 is 0 Å². The highest BCUT2D eigenvalue weighted by Crippen LogP contribution is 2.23. The van der Waals surface area contributed by atoms with Crippen molar-refractivity contribution in [1.29, 1.82) is 0 Å². The minimum atomic E-state index is -0.605. The van der Waals surface area contributed by atoms with E-state index in [4.69, 9.17) is 11.6 Å². The number of H-pyrrole nitrogens is 1. The number of benzene rings is 1. The van der Waals surface area contributed by atoms with Gasteiger partial charge in [-0.1, -0.05) is 11.6 Å². The monoisotopic (exact) mass is 226 g/mol. The lowest BCUT2D eigenvalue weighted by Gasteiger charge is -2.04. The molecule has 2 aromatic rings. The molecule has 0 aliphatic rings. The number of aromatic nitrogens is 2. The molecule has 0 aliphatic heterocycles. The Labute approximate surface area is 89.9 Å². The van der Waals surface area contributed by atoms with Crippen molar-refractivity contribution < 1.29 is 4.39 Å². The zero-order chi connectivity index (χ0) is 11.2. The summed E-state index contributed by atoms with van der Waals surface area (Å²) in [6, 6.07) is 1.50. The highest BCUT2D eigenvalue weighted by atomic mass is 35.5. The fraction of sp³-hybridized carbons (Fsp3) is 0.200. The Balaban J connectivity index is 3.06. The number of nitrogens with zero attached hydrogens (tertiary/aromatic N) is 1. The van der Waals surface area contributed by atoms with Gasteiger partial charge in [0, 0.05) is 10.6 Å². The van der Waals surface area contributed by atoms with Crippen LogP contribution in [0.15, 0.2) is 10.9 Å². The van der Waals surface area contributed by atoms with Gasteiger partial charge in [0.2, 0.25) is 0 Å². The number of rotatable bonds is 0. The van der Waals surface area contributed by atoms with E-state index in [1.807, 2.05) is 0 Å². The van der Waals surface area contributed by atoms with Crippen LogP contribution in [0, 0.1) is 19.7 Å². The summed E-state index contributed by atoms with van der Waals surface area (Å²) in [5.74, 6) is -0.168. The average Bonchev–Trinajstić information content (AvgIpc) is 2.13. The fourth-order valence-electron chi connectivity index (χ4n) is 1.44. The molecule has 0 amide bonds. The van der Waals surface area contributed by atoms with Crippen molar-refractivity contribution in [3.05, 3.63) is 38.6 Å². The molecule has 0 atom stereocenters. The Morgan fingerprint density at radius 1 is 1.47 bits per heavy atom. The second-order valence-electron chi connectivity index (χ2n) is 3.34. The van der Waals surface area contributed by atoms with Crippen LogP contribution in [0.3, 0.4) is 0 Å². The summed E-state index contributed by atoms with van der Waals surface area (Å²) in [4.78, 5) is 18.0. The largest absolute Gasteiger partial charge is 0.310 e. The van der Waals surface area contributed by atoms with E-state index < -0.39 is 11.4 Å². The predicted octanol–water partition coefficient (Wildman–Crippen LogP) is 2.33. The molecule has 0 spiro atoms. The Bertz CT molecular complexity index is 606. The van der Waals surface area contributed by atoms with Crippen molar-refractivity contribution in [2.24, 2.45) is 0 Å². The van der Waals surface area contributed by atoms with Gasteiger partial charge in [-0.2, -0.15) is 0 Å². The third-order valence-corrected chi connectivity index (χ3v) is 2.63. The van der Waals surface area contributed by atoms with Gasteiger partial charge in [-0.15, -0.1) is 0 Å². The standard InChI is InChI=1S/C10H8ClFN2O/c1-4-6(11)3-7-8(9(4)12)10(15)14-5(2)13-7/h3H,1-2H3,(H,13,14,15). The van der Waals surface area contributed by atoms with Gasteiger partial charge < -0.3 is 4.98 Å². The van der Waals surface area contributed by atoms with Gasteiger partial charge >= 0.3 is 0 Å². The molecule has 1 heterocycles. The van der Waals surface area contributed by atoms with Gasteiger partial charge in [-0.25, -0.2) is 9.37 Å². The number of hydrogen-bond donors (Lipinski definition) is 1. The van der Waals surface area contributed by atoms with Crippen molar-refractivity contribution in [3.63, 3.8) is 0 Å². The highest BCUT2D eigenvalue weighted by Gasteiger charge is 2.12. The summed E-state index contributed by atoms with van der Waals surface area (Å²) < 4.78 is 13.7. The molecule has 5 heteroatoms. The van der Waals surface area contributed by atoms with Crippen molar-refractivity contribution in [3.8, 4) is 0 Å². The van der Waals surface area contributed by atoms with Crippen LogP contribution in [0.5, 0.6) is 0 Å². The maximum absolute atomic E-state index is 13.7. The van der Waals surface area contributed by atoms with Gasteiger partial charge in [0.25, 0.3) is 5.56 Å². The topological polar surface area (TPSA) is 45.8 Å². The lowest BCUT2D eigenvalue weighted by molar-refractivity contribution is 0.629. The maximum Gasteiger partial charge on any atom is 0.261 e. The second-order valence-corrected chi connectivity index (χ2v) is 3.75. The van der Waals surface area contributed by atoms with E-state index in [-0.39, 0.29) is 21.5 Å². The molecule has 0 unspecified atom stereocenters. The lowest BCUT2D eigenvalue weighted by Crippen LogP contribution is -2.12. The third kappa shape index (κ3) is 1.51. The summed E-state index contributed by atoms with van der Waals surface area (Å²) in [7, 11) is 0. The van der Waals surface area contributed by atoms with E-state index in [0.29, 0.717) is 5.82 Å². The van der Waals surface area contributed by atoms with Gasteiger partial charge in [0.15, 0.2) is 0 Å². The molecule has 78 valence electrons. The molecule has 1 N–H and O–H groups in total. The van der Waals surface area contributed by atoms with Crippen LogP contribution in [0.4, 0.5) is 4.39 Å². The first-order valence-electron chi connectivity index (χ1n) is 4.36. The normalized spacial score (nSPS) is 10.9. The van der Waals surface area contributed by atoms with E-state index in [2.05, 4.69) is 9.97 Å². The van der Waals surface area contributed by atoms with Crippen molar-refractivity contribution in [2.75, 3.05) is 0 Å². The molecule has 0 saturated heterocycles. The Hall–Kier alpha value is -1.42. The van der Waals surface area contributed by atoms with Gasteiger partial charge in [-0.05, 0) is 19.9 Å². The van der Waals surface area contributed by atoms with Gasteiger partial charge in [-0.3, -0.25) is 4.79 Å². The summed E-state index contributed by atoms with van der Waals surface area (Å²) in [5, 5.41) is 0.236. The second kappa shape index (κ2) is 3.31. The van der Waals surface area contributed by atoms with Gasteiger partial charge in [0.05, 0.1) is 5.52 Å². The van der Waals surface area contributed by atoms with Crippen LogP contribution in [-0.4, -0.2) is 9.97 Å². The molecule has 0 fully saturated rings. The average molecular weight is 227 g/mol. The van der Waals surface area contributed by atoms with Crippen LogP contribution in [0.2, 0.25) is 5.02 Å². The van der Waals surface area contributed by atoms with E-state index in [1.54, 1.807) is 6.92 Å². The van der Waals surface area contributed by atoms with Crippen LogP contribution >= 0.6 is 11.6 Å². The molecule has 2 rings (SSSR count). The van der Waals surface area contributed by atoms with Crippen LogP contribution in [-0.2, 0) is 0 Å². The smallest absolute Gasteiger partial charge is 0.261 e. The number of aromatic amines is 1. The SMILES string of the molecule is Cc1nc2cc(Cl)c(C)c(F)c2c(=O)[nH]1. The van der Waals surface area contributed by atoms with Crippen LogP contribution < -0.4 is 5.56 Å². The number of halogens is 2. The minimum Gasteiger partial charge on any atom is -0.310 e. The fourth-order valence-corrected chi connectivity index (χ4v) is 1.63. The molecular weight excluding hydrogens is 219 g/mol. The number of fused-ring (bicyclic) bond motifs is 1. The zero-order valence-corrected chi connectivity index (χ0v) is 8.94. The zero-order valence-electron chi connectivity index (χ0n) is 8.19. The van der Waals surface area contributed by atoms with E-state index in [1.165, 1.54) is 13.0 Å². The predicted molar refractivity (Wildman–Crippen MR) is 56.8 cm³/mol. The van der Waals surface area contributed by atoms with Gasteiger partial charge in [0.1, 0.15) is 17.0 Å². The molecular formula is C10H8ClFN2O. The Morgan fingerprint density at radius 3 is 2.80 bits per heavy atom. The van der Waals surface area contributed by atoms with Crippen LogP contribution in [0.25, 0.3) is 10.9 Å². The highest BCUT2D eigenvalue weighted by molar-refractivity contribution is 6.32. The van der Waals surface area contributed by atoms with E-state index in [9.17, 15) is 9.18 Å². The number of hydrogen-bond acceptors (Lipinski definition) is 2. The van der Waals surface area contributed by atoms with E-state index in [0.717, 1.165) is 0 Å². The number of aryl methyl sites for hydroxylation is 1. The Kier molecular flexibility index (Phi) is 2.23. The first-order chi connectivity index (χ1) is 7.00. The quantitative estimate of drug-likeness (QED) is 0.750. The molecule has 1 aromatic carbocycles. The molecule has 0 radical (unpaired) electrons. The summed E-state index contributed by atoms with van der Waals surface area (Å²) in [6.45, 7) is 3.16. The first-order valence-corrected chi connectivity index (χ1v) is 4.73. The first kappa shape index (κ1) is 10.1. The Morgan fingerprint density at radius 2 is 2.13 bits per heavy atom. The number of nitrogens with one attached hydrogen (secondary N) is 1. The van der Waals surface area contributed by atoms with Crippen LogP contribution in [0.1, 0.15) is 11.4 Å². The molecule has 0 saturated carbocycles. The van der Waals surface area contributed by atoms with Crippen molar-refractivity contribution in [2.45, 2.75) is 13.8 Å². The maximum atomic E-state index is 13.7. The summed E-state index contributed by atoms with van der Waals surface area (Å²) >= 11 is 5.81. The lowest BCUT2D eigenvalue weighted by atomic mass is 10.1. The molecule has 0 bridgehead atoms.